The Hall–Kier alpha value is -3.21. The Balaban J connectivity index is 1.64. The van der Waals surface area contributed by atoms with Crippen LogP contribution in [0, 0.1) is 6.92 Å². The summed E-state index contributed by atoms with van der Waals surface area (Å²) in [6.07, 6.45) is 3.10. The average molecular weight is 306 g/mol. The molecular weight excluding hydrogens is 292 g/mol. The van der Waals surface area contributed by atoms with Crippen LogP contribution in [0.4, 0.5) is 0 Å². The molecule has 0 aliphatic heterocycles. The lowest BCUT2D eigenvalue weighted by molar-refractivity contribution is -0.128. The summed E-state index contributed by atoms with van der Waals surface area (Å²) in [5, 5.41) is 3.83. The van der Waals surface area contributed by atoms with Crippen LogP contribution < -0.4 is 4.74 Å². The molecule has 0 unspecified atom stereocenters. The van der Waals surface area contributed by atoms with Crippen LogP contribution in [0.2, 0.25) is 0 Å². The van der Waals surface area contributed by atoms with Gasteiger partial charge in [0.15, 0.2) is 0 Å². The van der Waals surface area contributed by atoms with Gasteiger partial charge in [-0.25, -0.2) is 4.79 Å². The van der Waals surface area contributed by atoms with Crippen LogP contribution in [0.15, 0.2) is 65.2 Å². The Bertz CT molecular complexity index is 821. The van der Waals surface area contributed by atoms with Crippen molar-refractivity contribution in [1.29, 1.82) is 0 Å². The van der Waals surface area contributed by atoms with Crippen molar-refractivity contribution < 1.29 is 14.1 Å². The first kappa shape index (κ1) is 14.7. The van der Waals surface area contributed by atoms with Gasteiger partial charge in [0.2, 0.25) is 11.7 Å². The zero-order chi connectivity index (χ0) is 16.1. The Labute approximate surface area is 133 Å². The van der Waals surface area contributed by atoms with Crippen molar-refractivity contribution in [3.8, 4) is 17.1 Å². The summed E-state index contributed by atoms with van der Waals surface area (Å²) in [5.41, 5.74) is 1.73. The van der Waals surface area contributed by atoms with E-state index in [4.69, 9.17) is 9.26 Å². The predicted octanol–water partition coefficient (Wildman–Crippen LogP) is 3.66. The van der Waals surface area contributed by atoms with E-state index in [1.807, 2.05) is 30.3 Å². The number of hydrogen-bond acceptors (Lipinski definition) is 5. The number of benzene rings is 2. The molecule has 5 nitrogen and oxygen atoms in total. The van der Waals surface area contributed by atoms with E-state index in [1.165, 1.54) is 6.08 Å². The van der Waals surface area contributed by atoms with Crippen molar-refractivity contribution in [2.75, 3.05) is 0 Å². The molecule has 2 aromatic carbocycles. The van der Waals surface area contributed by atoms with Crippen molar-refractivity contribution in [3.63, 3.8) is 0 Å². The van der Waals surface area contributed by atoms with E-state index < -0.39 is 5.97 Å². The smallest absolute Gasteiger partial charge is 0.336 e. The number of carbonyl (C=O) groups is 1. The summed E-state index contributed by atoms with van der Waals surface area (Å²) in [5.74, 6) is 1.03. The van der Waals surface area contributed by atoms with Crippen LogP contribution in [0.25, 0.3) is 17.5 Å². The third-order valence-electron chi connectivity index (χ3n) is 3.07. The topological polar surface area (TPSA) is 65.2 Å². The minimum Gasteiger partial charge on any atom is -0.423 e. The van der Waals surface area contributed by atoms with Gasteiger partial charge in [-0.05, 0) is 35.9 Å². The number of ether oxygens (including phenoxy) is 1. The van der Waals surface area contributed by atoms with E-state index in [0.29, 0.717) is 17.5 Å². The van der Waals surface area contributed by atoms with Gasteiger partial charge in [-0.3, -0.25) is 0 Å². The van der Waals surface area contributed by atoms with E-state index in [1.54, 1.807) is 37.3 Å². The number of esters is 1. The molecule has 0 fully saturated rings. The first-order valence-electron chi connectivity index (χ1n) is 7.06. The third kappa shape index (κ3) is 3.91. The van der Waals surface area contributed by atoms with Gasteiger partial charge in [-0.2, -0.15) is 4.98 Å². The van der Waals surface area contributed by atoms with Crippen molar-refractivity contribution >= 4 is 12.0 Å². The summed E-state index contributed by atoms with van der Waals surface area (Å²) in [4.78, 5) is 15.9. The molecule has 1 aromatic heterocycles. The van der Waals surface area contributed by atoms with Gasteiger partial charge in [0.05, 0.1) is 0 Å². The molecule has 0 radical (unpaired) electrons. The highest BCUT2D eigenvalue weighted by Gasteiger charge is 2.06. The number of aromatic nitrogens is 2. The van der Waals surface area contributed by atoms with E-state index in [-0.39, 0.29) is 0 Å². The molecule has 0 saturated heterocycles. The lowest BCUT2D eigenvalue weighted by Gasteiger charge is -2.01. The highest BCUT2D eigenvalue weighted by Crippen LogP contribution is 2.20. The fourth-order valence-corrected chi connectivity index (χ4v) is 1.97. The van der Waals surface area contributed by atoms with E-state index in [2.05, 4.69) is 10.1 Å². The number of rotatable bonds is 4. The molecule has 114 valence electrons. The van der Waals surface area contributed by atoms with Crippen LogP contribution >= 0.6 is 0 Å². The number of nitrogens with zero attached hydrogens (tertiary/aromatic N) is 2. The van der Waals surface area contributed by atoms with Gasteiger partial charge in [-0.15, -0.1) is 0 Å². The molecule has 0 atom stereocenters. The number of carbonyl (C=O) groups excluding carboxylic acids is 1. The van der Waals surface area contributed by atoms with E-state index >= 15 is 0 Å². The van der Waals surface area contributed by atoms with Gasteiger partial charge in [0.1, 0.15) is 5.75 Å². The van der Waals surface area contributed by atoms with Crippen LogP contribution in [-0.4, -0.2) is 16.1 Å². The lowest BCUT2D eigenvalue weighted by atomic mass is 10.2. The van der Waals surface area contributed by atoms with Gasteiger partial charge in [0.25, 0.3) is 0 Å². The Morgan fingerprint density at radius 2 is 1.83 bits per heavy atom. The molecule has 0 bridgehead atoms. The van der Waals surface area contributed by atoms with Gasteiger partial charge < -0.3 is 9.26 Å². The second kappa shape index (κ2) is 6.70. The predicted molar refractivity (Wildman–Crippen MR) is 85.6 cm³/mol. The standard InChI is InChI=1S/C18H14N2O3/c1-13-19-18(20-23-13)15-8-10-16(11-9-15)22-17(21)12-7-14-5-3-2-4-6-14/h2-12H,1H3/b12-7+. The second-order valence-corrected chi connectivity index (χ2v) is 4.83. The summed E-state index contributed by atoms with van der Waals surface area (Å²) in [7, 11) is 0. The number of hydrogen-bond donors (Lipinski definition) is 0. The van der Waals surface area contributed by atoms with Gasteiger partial charge >= 0.3 is 5.97 Å². The molecule has 5 heteroatoms. The monoisotopic (exact) mass is 306 g/mol. The Kier molecular flexibility index (Phi) is 4.29. The van der Waals surface area contributed by atoms with Crippen molar-refractivity contribution in [2.24, 2.45) is 0 Å². The Morgan fingerprint density at radius 1 is 1.09 bits per heavy atom. The zero-order valence-corrected chi connectivity index (χ0v) is 12.5. The normalized spacial score (nSPS) is 10.8. The van der Waals surface area contributed by atoms with Gasteiger partial charge in [0, 0.05) is 18.6 Å². The molecule has 3 aromatic rings. The summed E-state index contributed by atoms with van der Waals surface area (Å²) in [6.45, 7) is 1.73. The maximum Gasteiger partial charge on any atom is 0.336 e. The van der Waals surface area contributed by atoms with Crippen LogP contribution in [0.1, 0.15) is 11.5 Å². The van der Waals surface area contributed by atoms with Gasteiger partial charge in [-0.1, -0.05) is 35.5 Å². The van der Waals surface area contributed by atoms with Crippen LogP contribution in [0.5, 0.6) is 5.75 Å². The van der Waals surface area contributed by atoms with Crippen molar-refractivity contribution in [1.82, 2.24) is 10.1 Å². The second-order valence-electron chi connectivity index (χ2n) is 4.83. The largest absolute Gasteiger partial charge is 0.423 e. The van der Waals surface area contributed by atoms with Crippen LogP contribution in [-0.2, 0) is 4.79 Å². The highest BCUT2D eigenvalue weighted by molar-refractivity contribution is 5.88. The minimum atomic E-state index is -0.433. The zero-order valence-electron chi connectivity index (χ0n) is 12.5. The van der Waals surface area contributed by atoms with E-state index in [9.17, 15) is 4.79 Å². The molecule has 23 heavy (non-hydrogen) atoms. The SMILES string of the molecule is Cc1nc(-c2ccc(OC(=O)/C=C/c3ccccc3)cc2)no1. The summed E-state index contributed by atoms with van der Waals surface area (Å²) in [6, 6.07) is 16.5. The summed E-state index contributed by atoms with van der Waals surface area (Å²) < 4.78 is 10.2. The van der Waals surface area contributed by atoms with Crippen molar-refractivity contribution in [3.05, 3.63) is 72.1 Å². The van der Waals surface area contributed by atoms with Crippen molar-refractivity contribution in [2.45, 2.75) is 6.92 Å². The molecule has 0 saturated carbocycles. The van der Waals surface area contributed by atoms with Crippen LogP contribution in [0.3, 0.4) is 0 Å². The lowest BCUT2D eigenvalue weighted by Crippen LogP contribution is -2.03. The fraction of sp³-hybridized carbons (Fsp3) is 0.0556. The quantitative estimate of drug-likeness (QED) is 0.418. The Morgan fingerprint density at radius 3 is 2.48 bits per heavy atom. The maximum absolute atomic E-state index is 11.8. The molecule has 0 aliphatic rings. The molecule has 0 N–H and O–H groups in total. The molecule has 3 rings (SSSR count). The minimum absolute atomic E-state index is 0.433. The highest BCUT2D eigenvalue weighted by atomic mass is 16.5. The first-order chi connectivity index (χ1) is 11.2. The average Bonchev–Trinajstić information content (AvgIpc) is 3.01. The molecule has 0 aliphatic carbocycles. The third-order valence-corrected chi connectivity index (χ3v) is 3.07. The molecule has 0 spiro atoms. The molecule has 1 heterocycles. The molecular formula is C18H14N2O3. The van der Waals surface area contributed by atoms with E-state index in [0.717, 1.165) is 11.1 Å². The summed E-state index contributed by atoms with van der Waals surface area (Å²) >= 11 is 0. The molecule has 0 amide bonds. The maximum atomic E-state index is 11.8. The number of aryl methyl sites for hydroxylation is 1. The fourth-order valence-electron chi connectivity index (χ4n) is 1.97. The first-order valence-corrected chi connectivity index (χ1v) is 7.06.